The SMILES string of the molecule is CC(=O)[O-].CCCCCC(CCC)Cn1cc[n+](C)c1. The number of carbonyl (C=O) groups is 1. The summed E-state index contributed by atoms with van der Waals surface area (Å²) in [7, 11) is 2.09. The van der Waals surface area contributed by atoms with E-state index in [-0.39, 0.29) is 0 Å². The number of hydrogen-bond acceptors (Lipinski definition) is 2. The Bertz CT molecular complexity index is 357. The van der Waals surface area contributed by atoms with E-state index >= 15 is 0 Å². The van der Waals surface area contributed by atoms with Crippen LogP contribution in [0.3, 0.4) is 0 Å². The van der Waals surface area contributed by atoms with Crippen molar-refractivity contribution in [1.29, 1.82) is 0 Å². The lowest BCUT2D eigenvalue weighted by Gasteiger charge is -2.13. The van der Waals surface area contributed by atoms with Crippen LogP contribution in [0.15, 0.2) is 18.7 Å². The largest absolute Gasteiger partial charge is 0.550 e. The number of aliphatic carboxylic acids is 1. The highest BCUT2D eigenvalue weighted by Gasteiger charge is 2.11. The van der Waals surface area contributed by atoms with Crippen LogP contribution in [-0.4, -0.2) is 10.5 Å². The van der Waals surface area contributed by atoms with E-state index in [4.69, 9.17) is 9.90 Å². The highest BCUT2D eigenvalue weighted by atomic mass is 16.4. The molecule has 0 spiro atoms. The van der Waals surface area contributed by atoms with Gasteiger partial charge in [0.2, 0.25) is 6.33 Å². The molecule has 1 unspecified atom stereocenters. The molecule has 1 aromatic heterocycles. The van der Waals surface area contributed by atoms with E-state index in [1.165, 1.54) is 45.1 Å². The van der Waals surface area contributed by atoms with E-state index in [1.54, 1.807) is 0 Å². The summed E-state index contributed by atoms with van der Waals surface area (Å²) in [5, 5.41) is 8.89. The minimum absolute atomic E-state index is 0.865. The lowest BCUT2D eigenvalue weighted by molar-refractivity contribution is -0.671. The third-order valence-electron chi connectivity index (χ3n) is 3.21. The molecule has 0 amide bonds. The molecule has 1 rings (SSSR count). The van der Waals surface area contributed by atoms with Crippen LogP contribution in [0, 0.1) is 5.92 Å². The maximum atomic E-state index is 8.89. The maximum absolute atomic E-state index is 8.89. The summed E-state index contributed by atoms with van der Waals surface area (Å²) in [6.07, 6.45) is 14.7. The number of aromatic nitrogens is 2. The molecule has 0 saturated heterocycles. The molecule has 0 aromatic carbocycles. The minimum atomic E-state index is -1.08. The molecule has 4 nitrogen and oxygen atoms in total. The molecule has 0 aliphatic heterocycles. The Kier molecular flexibility index (Phi) is 10.7. The summed E-state index contributed by atoms with van der Waals surface area (Å²) >= 11 is 0. The van der Waals surface area contributed by atoms with Crippen LogP contribution >= 0.6 is 0 Å². The van der Waals surface area contributed by atoms with Gasteiger partial charge < -0.3 is 9.90 Å². The van der Waals surface area contributed by atoms with E-state index in [1.807, 2.05) is 0 Å². The number of hydrogen-bond donors (Lipinski definition) is 0. The molecule has 0 aliphatic rings. The number of nitrogens with zero attached hydrogens (tertiary/aromatic N) is 2. The normalized spacial score (nSPS) is 11.6. The fourth-order valence-corrected chi connectivity index (χ4v) is 2.33. The first-order chi connectivity index (χ1) is 9.49. The third kappa shape index (κ3) is 10.6. The van der Waals surface area contributed by atoms with Crippen molar-refractivity contribution in [2.45, 2.75) is 65.8 Å². The zero-order chi connectivity index (χ0) is 15.4. The van der Waals surface area contributed by atoms with Crippen molar-refractivity contribution < 1.29 is 14.5 Å². The summed E-state index contributed by atoms with van der Waals surface area (Å²) < 4.78 is 4.45. The minimum Gasteiger partial charge on any atom is -0.550 e. The van der Waals surface area contributed by atoms with E-state index in [9.17, 15) is 0 Å². The summed E-state index contributed by atoms with van der Waals surface area (Å²) in [5.74, 6) is -0.219. The van der Waals surface area contributed by atoms with Gasteiger partial charge in [-0.25, -0.2) is 9.13 Å². The van der Waals surface area contributed by atoms with Gasteiger partial charge in [0.1, 0.15) is 12.4 Å². The van der Waals surface area contributed by atoms with Gasteiger partial charge in [0.15, 0.2) is 0 Å². The van der Waals surface area contributed by atoms with Crippen molar-refractivity contribution in [3.8, 4) is 0 Å². The van der Waals surface area contributed by atoms with Crippen LogP contribution in [0.5, 0.6) is 0 Å². The molecular formula is C16H30N2O2. The quantitative estimate of drug-likeness (QED) is 0.541. The van der Waals surface area contributed by atoms with Gasteiger partial charge in [0, 0.05) is 5.97 Å². The second-order valence-corrected chi connectivity index (χ2v) is 5.42. The maximum Gasteiger partial charge on any atom is 0.243 e. The standard InChI is InChI=1S/C14H27N2.C2H4O2/c1-4-6-7-9-14(8-5-2)12-16-11-10-15(3)13-16;1-2(3)4/h10-11,13-14H,4-9,12H2,1-3H3;1H3,(H,3,4)/q+1;/p-1. The highest BCUT2D eigenvalue weighted by molar-refractivity contribution is 5.60. The number of imidazole rings is 1. The van der Waals surface area contributed by atoms with Gasteiger partial charge in [-0.2, -0.15) is 0 Å². The second-order valence-electron chi connectivity index (χ2n) is 5.42. The zero-order valence-electron chi connectivity index (χ0n) is 13.5. The summed E-state index contributed by atoms with van der Waals surface area (Å²) in [4.78, 5) is 8.89. The van der Waals surface area contributed by atoms with Crippen LogP contribution < -0.4 is 9.67 Å². The van der Waals surface area contributed by atoms with E-state index < -0.39 is 5.97 Å². The smallest absolute Gasteiger partial charge is 0.243 e. The highest BCUT2D eigenvalue weighted by Crippen LogP contribution is 2.17. The van der Waals surface area contributed by atoms with Crippen molar-refractivity contribution in [1.82, 2.24) is 4.57 Å². The lowest BCUT2D eigenvalue weighted by atomic mass is 9.96. The predicted octanol–water partition coefficient (Wildman–Crippen LogP) is 2.07. The molecule has 0 fully saturated rings. The van der Waals surface area contributed by atoms with Crippen LogP contribution in [0.2, 0.25) is 0 Å². The molecule has 20 heavy (non-hydrogen) atoms. The monoisotopic (exact) mass is 282 g/mol. The Hall–Kier alpha value is -1.32. The summed E-state index contributed by atoms with van der Waals surface area (Å²) in [5.41, 5.74) is 0. The number of carboxylic acids is 1. The van der Waals surface area contributed by atoms with Gasteiger partial charge >= 0.3 is 0 Å². The number of carbonyl (C=O) groups excluding carboxylic acids is 1. The van der Waals surface area contributed by atoms with Gasteiger partial charge in [-0.3, -0.25) is 0 Å². The first kappa shape index (κ1) is 18.7. The van der Waals surface area contributed by atoms with Crippen LogP contribution in [0.25, 0.3) is 0 Å². The van der Waals surface area contributed by atoms with Gasteiger partial charge in [0.25, 0.3) is 0 Å². The van der Waals surface area contributed by atoms with E-state index in [0.29, 0.717) is 0 Å². The Morgan fingerprint density at radius 1 is 1.25 bits per heavy atom. The predicted molar refractivity (Wildman–Crippen MR) is 78.8 cm³/mol. The first-order valence-electron chi connectivity index (χ1n) is 7.68. The fourth-order valence-electron chi connectivity index (χ4n) is 2.33. The van der Waals surface area contributed by atoms with E-state index in [2.05, 4.69) is 48.8 Å². The van der Waals surface area contributed by atoms with Gasteiger partial charge in [-0.1, -0.05) is 39.5 Å². The van der Waals surface area contributed by atoms with Crippen LogP contribution in [0.1, 0.15) is 59.3 Å². The molecule has 116 valence electrons. The molecule has 0 N–H and O–H groups in total. The van der Waals surface area contributed by atoms with Gasteiger partial charge in [0.05, 0.1) is 13.6 Å². The van der Waals surface area contributed by atoms with Crippen LogP contribution in [0.4, 0.5) is 0 Å². The van der Waals surface area contributed by atoms with Crippen molar-refractivity contribution in [2.24, 2.45) is 13.0 Å². The summed E-state index contributed by atoms with van der Waals surface area (Å²) in [6.45, 7) is 6.74. The zero-order valence-corrected chi connectivity index (χ0v) is 13.5. The Morgan fingerprint density at radius 3 is 2.35 bits per heavy atom. The molecule has 1 atom stereocenters. The molecule has 1 heterocycles. The van der Waals surface area contributed by atoms with Gasteiger partial charge in [-0.05, 0) is 25.7 Å². The van der Waals surface area contributed by atoms with Crippen molar-refractivity contribution in [3.63, 3.8) is 0 Å². The average Bonchev–Trinajstić information content (AvgIpc) is 2.74. The van der Waals surface area contributed by atoms with Crippen molar-refractivity contribution >= 4 is 5.97 Å². The lowest BCUT2D eigenvalue weighted by Crippen LogP contribution is -2.24. The first-order valence-corrected chi connectivity index (χ1v) is 7.68. The molecule has 0 bridgehead atoms. The number of unbranched alkanes of at least 4 members (excludes halogenated alkanes) is 2. The molecule has 0 radical (unpaired) electrons. The topological polar surface area (TPSA) is 48.9 Å². The Balaban J connectivity index is 0.000000796. The number of carboxylic acid groups (broad SMARTS) is 1. The van der Waals surface area contributed by atoms with Crippen molar-refractivity contribution in [3.05, 3.63) is 18.7 Å². The molecule has 4 heteroatoms. The fraction of sp³-hybridized carbons (Fsp3) is 0.750. The summed E-state index contributed by atoms with van der Waals surface area (Å²) in [6, 6.07) is 0. The molecule has 0 aliphatic carbocycles. The van der Waals surface area contributed by atoms with Crippen molar-refractivity contribution in [2.75, 3.05) is 0 Å². The number of rotatable bonds is 8. The Morgan fingerprint density at radius 2 is 1.90 bits per heavy atom. The Labute approximate surface area is 123 Å². The number of aryl methyl sites for hydroxylation is 1. The molecular weight excluding hydrogens is 252 g/mol. The second kappa shape index (κ2) is 11.5. The van der Waals surface area contributed by atoms with E-state index in [0.717, 1.165) is 12.8 Å². The third-order valence-corrected chi connectivity index (χ3v) is 3.21. The van der Waals surface area contributed by atoms with Gasteiger partial charge in [-0.15, -0.1) is 0 Å². The van der Waals surface area contributed by atoms with Crippen LogP contribution in [-0.2, 0) is 18.4 Å². The molecule has 1 aromatic rings. The average molecular weight is 282 g/mol. The molecule has 0 saturated carbocycles.